The fraction of sp³-hybridized carbons (Fsp3) is 0.556. The highest BCUT2D eigenvalue weighted by Gasteiger charge is 2.06. The molecule has 0 bridgehead atoms. The number of nitrogen functional groups attached to an aromatic ring is 1. The fourth-order valence-corrected chi connectivity index (χ4v) is 1.04. The lowest BCUT2D eigenvalue weighted by Gasteiger charge is -2.11. The normalized spacial score (nSPS) is 9.82. The number of anilines is 3. The molecule has 0 aliphatic heterocycles. The lowest BCUT2D eigenvalue weighted by atomic mass is 10.4. The van der Waals surface area contributed by atoms with Crippen molar-refractivity contribution in [2.24, 2.45) is 0 Å². The zero-order chi connectivity index (χ0) is 12.8. The van der Waals surface area contributed by atoms with E-state index in [1.807, 2.05) is 0 Å². The maximum atomic E-state index is 10.9. The van der Waals surface area contributed by atoms with Crippen LogP contribution >= 0.6 is 0 Å². The second-order valence-corrected chi connectivity index (χ2v) is 3.46. The van der Waals surface area contributed by atoms with Crippen LogP contribution in [0.4, 0.5) is 17.8 Å². The number of rotatable bonds is 5. The highest BCUT2D eigenvalue weighted by atomic mass is 16.5. The molecule has 1 aromatic heterocycles. The van der Waals surface area contributed by atoms with E-state index < -0.39 is 0 Å². The second-order valence-electron chi connectivity index (χ2n) is 3.46. The number of nitrogens with one attached hydrogen (secondary N) is 1. The molecule has 1 aromatic rings. The summed E-state index contributed by atoms with van der Waals surface area (Å²) in [6.07, 6.45) is 0.236. The highest BCUT2D eigenvalue weighted by molar-refractivity contribution is 5.69. The Bertz CT molecular complexity index is 395. The third kappa shape index (κ3) is 4.09. The van der Waals surface area contributed by atoms with Crippen LogP contribution in [0.5, 0.6) is 0 Å². The van der Waals surface area contributed by atoms with Crippen LogP contribution in [0, 0.1) is 0 Å². The van der Waals surface area contributed by atoms with Crippen LogP contribution in [0.3, 0.4) is 0 Å². The summed E-state index contributed by atoms with van der Waals surface area (Å²) in [5.41, 5.74) is 5.53. The van der Waals surface area contributed by atoms with Gasteiger partial charge in [0.05, 0.1) is 13.5 Å². The number of methoxy groups -OCH3 is 1. The molecular formula is C9H16N6O2. The van der Waals surface area contributed by atoms with Gasteiger partial charge in [-0.2, -0.15) is 15.0 Å². The van der Waals surface area contributed by atoms with Gasteiger partial charge in [0.15, 0.2) is 0 Å². The largest absolute Gasteiger partial charge is 0.469 e. The van der Waals surface area contributed by atoms with Gasteiger partial charge in [0.2, 0.25) is 17.8 Å². The van der Waals surface area contributed by atoms with Crippen LogP contribution in [0.2, 0.25) is 0 Å². The number of hydrogen-bond donors (Lipinski definition) is 2. The molecule has 0 aromatic carbocycles. The Balaban J connectivity index is 2.62. The summed E-state index contributed by atoms with van der Waals surface area (Å²) < 4.78 is 4.51. The van der Waals surface area contributed by atoms with Gasteiger partial charge in [0.1, 0.15) is 0 Å². The number of ether oxygens (including phenoxy) is 1. The standard InChI is InChI=1S/C9H16N6O2/c1-15(2)9-13-7(10)12-8(14-9)11-5-4-6(16)17-3/h4-5H2,1-3H3,(H3,10,11,12,13,14). The van der Waals surface area contributed by atoms with Gasteiger partial charge in [0, 0.05) is 20.6 Å². The molecule has 0 unspecified atom stereocenters. The number of aromatic nitrogens is 3. The first-order valence-electron chi connectivity index (χ1n) is 5.02. The van der Waals surface area contributed by atoms with Gasteiger partial charge in [-0.05, 0) is 0 Å². The number of carbonyl (C=O) groups excluding carboxylic acids is 1. The summed E-state index contributed by atoms with van der Waals surface area (Å²) in [5, 5.41) is 2.88. The minimum absolute atomic E-state index is 0.129. The van der Waals surface area contributed by atoms with Crippen LogP contribution in [0.25, 0.3) is 0 Å². The molecule has 0 aliphatic carbocycles. The average Bonchev–Trinajstić information content (AvgIpc) is 2.28. The summed E-state index contributed by atoms with van der Waals surface area (Å²) in [4.78, 5) is 24.6. The first-order chi connectivity index (χ1) is 8.02. The summed E-state index contributed by atoms with van der Waals surface area (Å²) in [6.45, 7) is 0.378. The third-order valence-corrected chi connectivity index (χ3v) is 1.88. The molecule has 17 heavy (non-hydrogen) atoms. The van der Waals surface area contributed by atoms with Crippen molar-refractivity contribution in [3.05, 3.63) is 0 Å². The van der Waals surface area contributed by atoms with Crippen molar-refractivity contribution in [3.63, 3.8) is 0 Å². The zero-order valence-corrected chi connectivity index (χ0v) is 10.1. The van der Waals surface area contributed by atoms with Crippen molar-refractivity contribution in [1.82, 2.24) is 15.0 Å². The van der Waals surface area contributed by atoms with E-state index in [0.717, 1.165) is 0 Å². The molecule has 0 fully saturated rings. The van der Waals surface area contributed by atoms with E-state index in [1.54, 1.807) is 19.0 Å². The van der Waals surface area contributed by atoms with Crippen molar-refractivity contribution in [3.8, 4) is 0 Å². The van der Waals surface area contributed by atoms with Crippen LogP contribution in [0.15, 0.2) is 0 Å². The molecule has 0 saturated carbocycles. The molecule has 94 valence electrons. The minimum Gasteiger partial charge on any atom is -0.469 e. The van der Waals surface area contributed by atoms with E-state index >= 15 is 0 Å². The molecule has 3 N–H and O–H groups in total. The van der Waals surface area contributed by atoms with Gasteiger partial charge >= 0.3 is 5.97 Å². The van der Waals surface area contributed by atoms with Crippen molar-refractivity contribution >= 4 is 23.8 Å². The number of carbonyl (C=O) groups is 1. The van der Waals surface area contributed by atoms with Crippen LogP contribution in [0.1, 0.15) is 6.42 Å². The molecule has 0 spiro atoms. The van der Waals surface area contributed by atoms with Crippen LogP contribution in [-0.4, -0.2) is 48.7 Å². The minimum atomic E-state index is -0.299. The predicted octanol–water partition coefficient (Wildman–Crippen LogP) is -0.505. The first-order valence-corrected chi connectivity index (χ1v) is 5.02. The summed E-state index contributed by atoms with van der Waals surface area (Å²) in [5.74, 6) is 0.625. The Hall–Kier alpha value is -2.12. The number of nitrogens with zero attached hydrogens (tertiary/aromatic N) is 4. The van der Waals surface area contributed by atoms with E-state index in [4.69, 9.17) is 5.73 Å². The van der Waals surface area contributed by atoms with E-state index in [-0.39, 0.29) is 18.3 Å². The predicted molar refractivity (Wildman–Crippen MR) is 63.7 cm³/mol. The van der Waals surface area contributed by atoms with Gasteiger partial charge in [-0.15, -0.1) is 0 Å². The zero-order valence-electron chi connectivity index (χ0n) is 10.1. The Morgan fingerprint density at radius 1 is 1.41 bits per heavy atom. The smallest absolute Gasteiger partial charge is 0.307 e. The van der Waals surface area contributed by atoms with Gasteiger partial charge in [-0.25, -0.2) is 0 Å². The Kier molecular flexibility index (Phi) is 4.44. The molecule has 0 radical (unpaired) electrons. The Labute approximate surface area is 99.2 Å². The van der Waals surface area contributed by atoms with Gasteiger partial charge in [-0.3, -0.25) is 4.79 Å². The SMILES string of the molecule is COC(=O)CCNc1nc(N)nc(N(C)C)n1. The van der Waals surface area contributed by atoms with E-state index in [0.29, 0.717) is 18.4 Å². The molecule has 8 nitrogen and oxygen atoms in total. The van der Waals surface area contributed by atoms with Crippen LogP contribution < -0.4 is 16.0 Å². The maximum Gasteiger partial charge on any atom is 0.307 e. The molecule has 0 amide bonds. The summed E-state index contributed by atoms with van der Waals surface area (Å²) >= 11 is 0. The van der Waals surface area contributed by atoms with Crippen molar-refractivity contribution in [1.29, 1.82) is 0 Å². The quantitative estimate of drug-likeness (QED) is 0.663. The van der Waals surface area contributed by atoms with E-state index in [2.05, 4.69) is 25.0 Å². The van der Waals surface area contributed by atoms with Gasteiger partial charge in [0.25, 0.3) is 0 Å². The molecule has 8 heteroatoms. The van der Waals surface area contributed by atoms with Crippen LogP contribution in [-0.2, 0) is 9.53 Å². The summed E-state index contributed by atoms with van der Waals surface area (Å²) in [6, 6.07) is 0. The van der Waals surface area contributed by atoms with Crippen molar-refractivity contribution < 1.29 is 9.53 Å². The Morgan fingerprint density at radius 3 is 2.71 bits per heavy atom. The molecular weight excluding hydrogens is 224 g/mol. The average molecular weight is 240 g/mol. The van der Waals surface area contributed by atoms with Gasteiger partial charge < -0.3 is 20.7 Å². The molecule has 0 aliphatic rings. The molecule has 0 atom stereocenters. The second kappa shape index (κ2) is 5.83. The molecule has 1 heterocycles. The van der Waals surface area contributed by atoms with Gasteiger partial charge in [-0.1, -0.05) is 0 Å². The lowest BCUT2D eigenvalue weighted by Crippen LogP contribution is -2.17. The lowest BCUT2D eigenvalue weighted by molar-refractivity contribution is -0.140. The third-order valence-electron chi connectivity index (χ3n) is 1.88. The summed E-state index contributed by atoms with van der Waals surface area (Å²) in [7, 11) is 4.94. The maximum absolute atomic E-state index is 10.9. The highest BCUT2D eigenvalue weighted by Crippen LogP contribution is 2.08. The Morgan fingerprint density at radius 2 is 2.12 bits per heavy atom. The van der Waals surface area contributed by atoms with E-state index in [9.17, 15) is 4.79 Å². The van der Waals surface area contributed by atoms with Crippen molar-refractivity contribution in [2.45, 2.75) is 6.42 Å². The molecule has 0 saturated heterocycles. The number of hydrogen-bond acceptors (Lipinski definition) is 8. The fourth-order valence-electron chi connectivity index (χ4n) is 1.04. The first kappa shape index (κ1) is 12.9. The topological polar surface area (TPSA) is 106 Å². The molecule has 1 rings (SSSR count). The van der Waals surface area contributed by atoms with Crippen molar-refractivity contribution in [2.75, 3.05) is 43.7 Å². The monoisotopic (exact) mass is 240 g/mol. The number of esters is 1. The van der Waals surface area contributed by atoms with E-state index in [1.165, 1.54) is 7.11 Å². The number of nitrogens with two attached hydrogens (primary N) is 1.